The van der Waals surface area contributed by atoms with E-state index in [4.69, 9.17) is 75.8 Å². The van der Waals surface area contributed by atoms with Gasteiger partial charge in [-0.25, -0.2) is 4.79 Å². The second-order valence-electron chi connectivity index (χ2n) is 28.7. The summed E-state index contributed by atoms with van der Waals surface area (Å²) in [6, 6.07) is 0. The van der Waals surface area contributed by atoms with E-state index in [2.05, 4.69) is 33.2 Å². The maximum atomic E-state index is 11.7. The molecule has 0 aliphatic rings. The minimum absolute atomic E-state index is 0.0174. The predicted molar refractivity (Wildman–Crippen MR) is 489 cm³/mol. The lowest BCUT2D eigenvalue weighted by molar-refractivity contribution is -0.157. The second kappa shape index (κ2) is 99.1. The van der Waals surface area contributed by atoms with Crippen LogP contribution in [-0.2, 0) is 210 Å². The molecule has 0 spiro atoms. The van der Waals surface area contributed by atoms with E-state index < -0.39 is 48.4 Å². The summed E-state index contributed by atoms with van der Waals surface area (Å²) >= 11 is 0. The van der Waals surface area contributed by atoms with Crippen LogP contribution in [0, 0.1) is 0 Å². The van der Waals surface area contributed by atoms with E-state index in [1.54, 1.807) is 23.6 Å². The SMILES string of the molecule is CC(=O)OCCOC(=O)CCN(CCOC(C)=O)CCC(=O)OCCOC(C)=O.CCCOC(=O)CCN(CCOC(C)=O)CCC(=O)OCCC.CCOC(=O)CCN(CCOC(C)=O)CCC(=O)OCC.COC(=O)CCN(CCOC(=O)COC(C)=O)CCC(=O)OC.COC(=O)CCN(CCOC(C)=O)CCC(=O)OC.COCCOC(=O)CCN(CCOC(C)=O)CCC(=O)OCCOC. The van der Waals surface area contributed by atoms with Crippen LogP contribution in [0.1, 0.15) is 173 Å². The van der Waals surface area contributed by atoms with Gasteiger partial charge in [0.1, 0.15) is 79.3 Å². The summed E-state index contributed by atoms with van der Waals surface area (Å²) in [7, 11) is 8.27. The van der Waals surface area contributed by atoms with E-state index in [9.17, 15) is 101 Å². The summed E-state index contributed by atoms with van der Waals surface area (Å²) in [5.41, 5.74) is 0. The molecule has 0 N–H and O–H groups in total. The number of hydrogen-bond donors (Lipinski definition) is 0. The highest BCUT2D eigenvalue weighted by Gasteiger charge is 2.21. The van der Waals surface area contributed by atoms with Gasteiger partial charge in [-0.1, -0.05) is 13.8 Å². The van der Waals surface area contributed by atoms with E-state index in [0.29, 0.717) is 144 Å². The molecule has 0 rings (SSSR count). The Morgan fingerprint density at radius 1 is 0.157 bits per heavy atom. The molecule has 50 heteroatoms. The third-order valence-electron chi connectivity index (χ3n) is 17.1. The molecule has 0 aliphatic heterocycles. The molecule has 0 atom stereocenters. The predicted octanol–water partition coefficient (Wildman–Crippen LogP) is 1.65. The average Bonchev–Trinajstić information content (AvgIpc) is 0.977. The van der Waals surface area contributed by atoms with Crippen LogP contribution < -0.4 is 0 Å². The van der Waals surface area contributed by atoms with E-state index in [0.717, 1.165) is 12.8 Å². The van der Waals surface area contributed by atoms with Crippen LogP contribution in [-0.4, -0.2) is 441 Å². The van der Waals surface area contributed by atoms with E-state index in [1.165, 1.54) is 98.0 Å². The van der Waals surface area contributed by atoms with Crippen molar-refractivity contribution < 1.29 is 210 Å². The van der Waals surface area contributed by atoms with Crippen LogP contribution in [0.25, 0.3) is 0 Å². The number of carbonyl (C=O) groups excluding carboxylic acids is 21. The number of carbonyl (C=O) groups is 21. The van der Waals surface area contributed by atoms with Gasteiger partial charge in [0, 0.05) is 187 Å². The lowest BCUT2D eigenvalue weighted by Gasteiger charge is -2.21. The maximum absolute atomic E-state index is 11.7. The van der Waals surface area contributed by atoms with E-state index >= 15 is 0 Å². The zero-order valence-electron chi connectivity index (χ0n) is 85.2. The molecule has 0 radical (unpaired) electrons. The Hall–Kier alpha value is -11.4. The van der Waals surface area contributed by atoms with Gasteiger partial charge in [0.2, 0.25) is 0 Å². The van der Waals surface area contributed by atoms with Crippen molar-refractivity contribution in [1.29, 1.82) is 0 Å². The van der Waals surface area contributed by atoms with Crippen molar-refractivity contribution >= 4 is 125 Å². The Kier molecular flexibility index (Phi) is 98.6. The summed E-state index contributed by atoms with van der Waals surface area (Å²) in [4.78, 5) is 245. The van der Waals surface area contributed by atoms with Gasteiger partial charge in [-0.05, 0) is 26.7 Å². The van der Waals surface area contributed by atoms with Crippen LogP contribution in [0.2, 0.25) is 0 Å². The van der Waals surface area contributed by atoms with Crippen LogP contribution >= 0.6 is 0 Å². The van der Waals surface area contributed by atoms with Gasteiger partial charge < -0.3 is 109 Å². The normalized spacial score (nSPS) is 10.3. The van der Waals surface area contributed by atoms with Crippen LogP contribution in [0.4, 0.5) is 0 Å². The molecule has 0 aromatic heterocycles. The zero-order chi connectivity index (χ0) is 107. The highest BCUT2D eigenvalue weighted by Crippen LogP contribution is 2.07. The highest BCUT2D eigenvalue weighted by atomic mass is 16.6. The van der Waals surface area contributed by atoms with Crippen LogP contribution in [0.5, 0.6) is 0 Å². The lowest BCUT2D eigenvalue weighted by atomic mass is 10.3. The third-order valence-corrected chi connectivity index (χ3v) is 17.1. The standard InChI is InChI=1S/C18H29NO10.C16H29NO8.C16H29NO6.C14H23NO8.C14H25NO6.C12H21NO6/c1-14(20)25-9-8-19(6-4-17(23)28-12-10-26-15(2)21)7-5-18(24)29-13-11-27-16(3)22;1-14(18)23-9-8-17(6-4-15(19)24-12-10-21-2)7-5-16(20)25-13-11-22-3;1-4-11-22-15(19)6-8-17(10-13-21-14(3)18)9-7-16(20)23-12-5-2;1-11(16)23-10-14(19)22-9-8-15(6-4-12(17)20-2)7-5-13(18)21-3;1-4-19-13(17)6-8-15(10-11-21-12(3)16)9-7-14(18)20-5-2;1-10(14)19-9-8-13(6-4-11(15)17-2)7-5-12(16)18-3/h4-13H2,1-3H3;4-13H2,1-3H3;4-13H2,1-3H3;4-10H2,1-3H3;4-11H2,1-3H3;4-9H2,1-3H3. The first-order valence-electron chi connectivity index (χ1n) is 45.6. The average molecular weight is 2030 g/mol. The molecular weight excluding hydrogens is 1870 g/mol. The molecule has 0 amide bonds. The highest BCUT2D eigenvalue weighted by molar-refractivity contribution is 5.76. The summed E-state index contributed by atoms with van der Waals surface area (Å²) in [5.74, 6) is -8.21. The minimum Gasteiger partial charge on any atom is -0.469 e. The molecule has 0 fully saturated rings. The van der Waals surface area contributed by atoms with Crippen LogP contribution in [0.15, 0.2) is 0 Å². The smallest absolute Gasteiger partial charge is 0.344 e. The molecule has 0 saturated carbocycles. The minimum atomic E-state index is -0.666. The van der Waals surface area contributed by atoms with Crippen molar-refractivity contribution in [3.8, 4) is 0 Å². The van der Waals surface area contributed by atoms with Crippen molar-refractivity contribution in [2.45, 2.75) is 173 Å². The van der Waals surface area contributed by atoms with E-state index in [1.807, 2.05) is 33.4 Å². The van der Waals surface area contributed by atoms with Gasteiger partial charge in [-0.2, -0.15) is 0 Å². The van der Waals surface area contributed by atoms with Gasteiger partial charge in [-0.15, -0.1) is 0 Å². The Morgan fingerprint density at radius 2 is 0.307 bits per heavy atom. The monoisotopic (exact) mass is 2030 g/mol. The third kappa shape index (κ3) is 109. The fraction of sp³-hybridized carbons (Fsp3) is 0.767. The number of rotatable bonds is 74. The van der Waals surface area contributed by atoms with Gasteiger partial charge in [0.05, 0.1) is 145 Å². The molecule has 0 bridgehead atoms. The van der Waals surface area contributed by atoms with Gasteiger partial charge >= 0.3 is 125 Å². The molecule has 0 aromatic carbocycles. The lowest BCUT2D eigenvalue weighted by Crippen LogP contribution is -2.33. The fourth-order valence-electron chi connectivity index (χ4n) is 9.99. The topological polar surface area (TPSA) is 590 Å². The molecule has 0 unspecified atom stereocenters. The first-order valence-corrected chi connectivity index (χ1v) is 45.6. The molecule has 0 aromatic rings. The van der Waals surface area contributed by atoms with Crippen molar-refractivity contribution in [3.63, 3.8) is 0 Å². The summed E-state index contributed by atoms with van der Waals surface area (Å²) in [5, 5.41) is 0. The van der Waals surface area contributed by atoms with E-state index in [-0.39, 0.29) is 253 Å². The number of methoxy groups -OCH3 is 6. The Morgan fingerprint density at radius 3 is 0.479 bits per heavy atom. The first-order chi connectivity index (χ1) is 66.5. The molecule has 0 saturated heterocycles. The summed E-state index contributed by atoms with van der Waals surface area (Å²) in [6.45, 7) is 27.8. The Balaban J connectivity index is -0.000000387. The van der Waals surface area contributed by atoms with Crippen molar-refractivity contribution in [1.82, 2.24) is 29.4 Å². The zero-order valence-corrected chi connectivity index (χ0v) is 85.2. The van der Waals surface area contributed by atoms with Crippen molar-refractivity contribution in [3.05, 3.63) is 0 Å². The maximum Gasteiger partial charge on any atom is 0.344 e. The quantitative estimate of drug-likeness (QED) is 0.0474. The second-order valence-corrected chi connectivity index (χ2v) is 28.7. The number of nitrogens with zero attached hydrogens (tertiary/aromatic N) is 6. The van der Waals surface area contributed by atoms with Crippen molar-refractivity contribution in [2.75, 3.05) is 286 Å². The number of esters is 21. The molecule has 140 heavy (non-hydrogen) atoms. The Labute approximate surface area is 820 Å². The molecule has 50 nitrogen and oxygen atoms in total. The Bertz CT molecular complexity index is 3310. The largest absolute Gasteiger partial charge is 0.469 e. The fourth-order valence-corrected chi connectivity index (χ4v) is 9.99. The van der Waals surface area contributed by atoms with Crippen molar-refractivity contribution in [2.24, 2.45) is 0 Å². The van der Waals surface area contributed by atoms with Gasteiger partial charge in [0.25, 0.3) is 0 Å². The first kappa shape index (κ1) is 139. The van der Waals surface area contributed by atoms with Gasteiger partial charge in [0.15, 0.2) is 6.61 Å². The molecule has 0 aliphatic carbocycles. The molecule has 0 heterocycles. The number of hydrogen-bond acceptors (Lipinski definition) is 50. The summed E-state index contributed by atoms with van der Waals surface area (Å²) < 4.78 is 110. The summed E-state index contributed by atoms with van der Waals surface area (Å²) in [6.07, 6.45) is 3.68. The van der Waals surface area contributed by atoms with Gasteiger partial charge in [-0.3, -0.25) is 125 Å². The molecular formula is C90H156N6O44. The molecule has 810 valence electrons. The van der Waals surface area contributed by atoms with Crippen LogP contribution in [0.3, 0.4) is 0 Å². The number of ether oxygens (including phenoxy) is 23.